The Bertz CT molecular complexity index is 2000. The molecule has 0 aliphatic heterocycles. The Hall–Kier alpha value is -4.62. The van der Waals surface area contributed by atoms with Crippen molar-refractivity contribution < 1.29 is 53.7 Å². The maximum atomic E-state index is 14.5. The lowest BCUT2D eigenvalue weighted by molar-refractivity contribution is 0.283. The Labute approximate surface area is 288 Å². The summed E-state index contributed by atoms with van der Waals surface area (Å²) in [5.74, 6) is -3.58. The van der Waals surface area contributed by atoms with Gasteiger partial charge < -0.3 is 23.8 Å². The minimum atomic E-state index is -4.75. The average molecular weight is 740 g/mol. The number of anilines is 1. The van der Waals surface area contributed by atoms with Crippen LogP contribution in [0.25, 0.3) is 22.5 Å². The van der Waals surface area contributed by atoms with Gasteiger partial charge in [-0.05, 0) is 42.5 Å². The highest BCUT2D eigenvalue weighted by Crippen LogP contribution is 2.36. The lowest BCUT2D eigenvalue weighted by Gasteiger charge is -2.41. The molecule has 2 aromatic carbocycles. The molecular weight excluding hydrogens is 702 g/mol. The van der Waals surface area contributed by atoms with Crippen LogP contribution >= 0.6 is 0 Å². The predicted molar refractivity (Wildman–Crippen MR) is 183 cm³/mol. The van der Waals surface area contributed by atoms with E-state index < -0.39 is 54.0 Å². The van der Waals surface area contributed by atoms with E-state index in [0.29, 0.717) is 28.2 Å². The van der Waals surface area contributed by atoms with Crippen LogP contribution in [-0.4, -0.2) is 103 Å². The number of pyridine rings is 2. The number of quaternary nitrogens is 1. The van der Waals surface area contributed by atoms with Crippen molar-refractivity contribution >= 4 is 31.6 Å². The molecule has 18 heteroatoms. The lowest BCUT2D eigenvalue weighted by atomic mass is 10.1. The van der Waals surface area contributed by atoms with Gasteiger partial charge >= 0.3 is 10.1 Å². The molecule has 2 aromatic heterocycles. The molecule has 0 saturated carbocycles. The van der Waals surface area contributed by atoms with Crippen LogP contribution in [0.5, 0.6) is 23.0 Å². The van der Waals surface area contributed by atoms with Crippen molar-refractivity contribution in [2.45, 2.75) is 6.04 Å². The molecule has 0 aliphatic carbocycles. The highest BCUT2D eigenvalue weighted by atomic mass is 32.2. The number of ether oxygens (including phenoxy) is 4. The van der Waals surface area contributed by atoms with Crippen molar-refractivity contribution in [3.05, 3.63) is 72.6 Å². The number of hydrogen-bond acceptors (Lipinski definition) is 11. The van der Waals surface area contributed by atoms with Crippen LogP contribution in [0.1, 0.15) is 0 Å². The van der Waals surface area contributed by atoms with E-state index >= 15 is 0 Å². The molecule has 270 valence electrons. The summed E-state index contributed by atoms with van der Waals surface area (Å²) in [7, 11) is -1.27. The molecule has 0 fully saturated rings. The topological polar surface area (TPSA) is 175 Å². The third-order valence-corrected chi connectivity index (χ3v) is 9.80. The zero-order chi connectivity index (χ0) is 37.0. The quantitative estimate of drug-likeness (QED) is 0.131. The third-order valence-electron chi connectivity index (χ3n) is 8.13. The molecule has 4 rings (SSSR count). The number of aromatic nitrogens is 2. The summed E-state index contributed by atoms with van der Waals surface area (Å²) in [6, 6.07) is 10.7. The summed E-state index contributed by atoms with van der Waals surface area (Å²) < 4.78 is 118. The molecule has 4 aromatic rings. The Balaban J connectivity index is 1.72. The van der Waals surface area contributed by atoms with Gasteiger partial charge in [0.15, 0.2) is 28.7 Å². The van der Waals surface area contributed by atoms with E-state index in [-0.39, 0.29) is 35.2 Å². The Kier molecular flexibility index (Phi) is 11.5. The summed E-state index contributed by atoms with van der Waals surface area (Å²) in [6.07, 6.45) is 2.76. The van der Waals surface area contributed by atoms with Gasteiger partial charge in [0.1, 0.15) is 11.8 Å². The number of hydrogen-bond donors (Lipinski definition) is 2. The van der Waals surface area contributed by atoms with E-state index in [1.54, 1.807) is 24.1 Å². The van der Waals surface area contributed by atoms with Crippen molar-refractivity contribution in [1.82, 2.24) is 14.5 Å². The number of halogens is 2. The Morgan fingerprint density at radius 3 is 1.52 bits per heavy atom. The number of benzene rings is 2. The van der Waals surface area contributed by atoms with E-state index in [2.05, 4.69) is 9.97 Å². The zero-order valence-corrected chi connectivity index (χ0v) is 29.6. The third kappa shape index (κ3) is 8.75. The molecule has 0 radical (unpaired) electrons. The fraction of sp³-hybridized carbons (Fsp3) is 0.312. The van der Waals surface area contributed by atoms with E-state index in [1.165, 1.54) is 84.3 Å². The van der Waals surface area contributed by atoms with E-state index in [9.17, 15) is 34.7 Å². The van der Waals surface area contributed by atoms with Crippen molar-refractivity contribution in [2.24, 2.45) is 0 Å². The first-order valence-corrected chi connectivity index (χ1v) is 17.9. The molecule has 0 saturated heterocycles. The zero-order valence-electron chi connectivity index (χ0n) is 28.0. The molecule has 0 spiro atoms. The predicted octanol–water partition coefficient (Wildman–Crippen LogP) is 4.30. The fourth-order valence-corrected chi connectivity index (χ4v) is 7.43. The molecule has 2 atom stereocenters. The van der Waals surface area contributed by atoms with Crippen LogP contribution in [0, 0.1) is 11.6 Å². The van der Waals surface area contributed by atoms with Crippen LogP contribution in [-0.2, 0) is 20.2 Å². The summed E-state index contributed by atoms with van der Waals surface area (Å²) in [5, 5.41) is 0. The largest absolute Gasteiger partial charge is 0.494 e. The van der Waals surface area contributed by atoms with Gasteiger partial charge in [-0.1, -0.05) is 0 Å². The number of methoxy groups -OCH3 is 4. The standard InChI is InChI=1S/C32H36F2N4O10S2/c1-37(22-7-9-25(35-15-22)20-11-27(45-3)31(33)28(12-20)46-4)17-24(18-49(39,40)41)38(2,19-50(42,43)44)23-8-10-26(36-16-23)21-13-29(47-5)32(34)30(14-21)48-6/h7-16,24H,17-19H2,1-6H3,(H-,39,40,41,42,43,44)/p+1. The van der Waals surface area contributed by atoms with Crippen LogP contribution in [0.15, 0.2) is 60.9 Å². The second kappa shape index (κ2) is 15.1. The molecule has 0 aliphatic rings. The van der Waals surface area contributed by atoms with Gasteiger partial charge in [-0.15, -0.1) is 0 Å². The second-order valence-electron chi connectivity index (χ2n) is 11.5. The summed E-state index contributed by atoms with van der Waals surface area (Å²) in [4.78, 5) is 10.4. The summed E-state index contributed by atoms with van der Waals surface area (Å²) in [6.45, 7) is -0.168. The van der Waals surface area contributed by atoms with Crippen molar-refractivity contribution in [3.63, 3.8) is 0 Å². The first-order chi connectivity index (χ1) is 23.4. The summed E-state index contributed by atoms with van der Waals surface area (Å²) >= 11 is 0. The number of nitrogens with zero attached hydrogens (tertiary/aromatic N) is 4. The SMILES string of the molecule is COc1cc(-c2ccc(N(C)CC(CS(=O)(=O)O)[N+](C)(CS(=O)(=O)O)c3ccc(-c4cc(OC)c(F)c(OC)c4)nc3)cn2)cc(OC)c1F. The fourth-order valence-electron chi connectivity index (χ4n) is 5.47. The van der Waals surface area contributed by atoms with Gasteiger partial charge in [0.25, 0.3) is 10.1 Å². The van der Waals surface area contributed by atoms with E-state index in [0.717, 1.165) is 0 Å². The van der Waals surface area contributed by atoms with Gasteiger partial charge in [-0.25, -0.2) is 0 Å². The maximum absolute atomic E-state index is 14.5. The van der Waals surface area contributed by atoms with Crippen LogP contribution < -0.4 is 28.3 Å². The monoisotopic (exact) mass is 739 g/mol. The molecular formula is C32H37F2N4O10S2+. The van der Waals surface area contributed by atoms with Crippen molar-refractivity contribution in [1.29, 1.82) is 0 Å². The highest BCUT2D eigenvalue weighted by molar-refractivity contribution is 7.86. The Morgan fingerprint density at radius 2 is 1.18 bits per heavy atom. The minimum absolute atomic E-state index is 0.0501. The van der Waals surface area contributed by atoms with Crippen molar-refractivity contribution in [3.8, 4) is 45.5 Å². The molecule has 0 amide bonds. The van der Waals surface area contributed by atoms with Crippen LogP contribution in [0.2, 0.25) is 0 Å². The smallest absolute Gasteiger partial charge is 0.316 e. The molecule has 2 unspecified atom stereocenters. The molecule has 14 nitrogen and oxygen atoms in total. The lowest BCUT2D eigenvalue weighted by Crippen LogP contribution is -2.62. The van der Waals surface area contributed by atoms with Gasteiger partial charge in [-0.3, -0.25) is 23.6 Å². The number of rotatable bonds is 15. The highest BCUT2D eigenvalue weighted by Gasteiger charge is 2.42. The van der Waals surface area contributed by atoms with Gasteiger partial charge in [-0.2, -0.15) is 25.6 Å². The maximum Gasteiger partial charge on any atom is 0.316 e. The van der Waals surface area contributed by atoms with Crippen LogP contribution in [0.3, 0.4) is 0 Å². The van der Waals surface area contributed by atoms with Gasteiger partial charge in [0, 0.05) is 24.2 Å². The van der Waals surface area contributed by atoms with Crippen LogP contribution in [0.4, 0.5) is 20.2 Å². The van der Waals surface area contributed by atoms with E-state index in [1.807, 2.05) is 0 Å². The Morgan fingerprint density at radius 1 is 0.740 bits per heavy atom. The number of likely N-dealkylation sites (N-methyl/N-ethyl adjacent to an activating group) is 2. The molecule has 0 bridgehead atoms. The van der Waals surface area contributed by atoms with Gasteiger partial charge in [0.2, 0.25) is 17.5 Å². The molecule has 2 heterocycles. The molecule has 2 N–H and O–H groups in total. The second-order valence-corrected chi connectivity index (χ2v) is 14.4. The first-order valence-electron chi connectivity index (χ1n) is 14.7. The van der Waals surface area contributed by atoms with Crippen molar-refractivity contribution in [2.75, 3.05) is 65.6 Å². The minimum Gasteiger partial charge on any atom is -0.494 e. The average Bonchev–Trinajstić information content (AvgIpc) is 3.07. The van der Waals surface area contributed by atoms with E-state index in [4.69, 9.17) is 18.9 Å². The normalized spacial score (nSPS) is 13.6. The first kappa shape index (κ1) is 38.2. The van der Waals surface area contributed by atoms with Gasteiger partial charge in [0.05, 0.1) is 71.5 Å². The molecule has 50 heavy (non-hydrogen) atoms. The summed E-state index contributed by atoms with van der Waals surface area (Å²) in [5.41, 5.74) is 2.28.